The minimum Gasteiger partial charge on any atom is -0.493 e. The van der Waals surface area contributed by atoms with Crippen molar-refractivity contribution in [1.29, 1.82) is 0 Å². The van der Waals surface area contributed by atoms with Crippen molar-refractivity contribution >= 4 is 0 Å². The first kappa shape index (κ1) is 31.2. The first-order chi connectivity index (χ1) is 16.9. The zero-order valence-corrected chi connectivity index (χ0v) is 22.8. The normalized spacial score (nSPS) is 15.0. The molecule has 2 unspecified atom stereocenters. The number of aryl methyl sites for hydroxylation is 1. The van der Waals surface area contributed by atoms with Gasteiger partial charge in [0.25, 0.3) is 0 Å². The van der Waals surface area contributed by atoms with Gasteiger partial charge in [-0.05, 0) is 63.7 Å². The van der Waals surface area contributed by atoms with E-state index in [0.717, 1.165) is 90.3 Å². The van der Waals surface area contributed by atoms with Crippen LogP contribution in [0.15, 0.2) is 36.3 Å². The maximum atomic E-state index is 12.5. The number of aromatic nitrogens is 2. The number of allylic oxidation sites excluding steroid dienone is 2. The van der Waals surface area contributed by atoms with Crippen LogP contribution in [-0.4, -0.2) is 39.2 Å². The second-order valence-electron chi connectivity index (χ2n) is 10.0. The third-order valence-corrected chi connectivity index (χ3v) is 7.87. The average Bonchev–Trinajstić information content (AvgIpc) is 3.15. The van der Waals surface area contributed by atoms with Gasteiger partial charge >= 0.3 is 5.69 Å². The van der Waals surface area contributed by atoms with Crippen LogP contribution in [0.3, 0.4) is 0 Å². The highest BCUT2D eigenvalue weighted by Gasteiger charge is 2.27. The monoisotopic (exact) mass is 492 g/mol. The average molecular weight is 493 g/mol. The molecule has 6 heteroatoms. The van der Waals surface area contributed by atoms with Gasteiger partial charge in [0, 0.05) is 38.3 Å². The van der Waals surface area contributed by atoms with E-state index in [1.807, 2.05) is 13.0 Å². The van der Waals surface area contributed by atoms with Crippen LogP contribution in [0, 0.1) is 10.8 Å². The molecule has 0 spiro atoms. The largest absolute Gasteiger partial charge is 0.493 e. The Morgan fingerprint density at radius 3 is 1.89 bits per heavy atom. The Kier molecular flexibility index (Phi) is 15.0. The number of hydrogen-bond donors (Lipinski definition) is 2. The first-order valence-corrected chi connectivity index (χ1v) is 13.8. The van der Waals surface area contributed by atoms with Crippen LogP contribution in [0.25, 0.3) is 0 Å². The summed E-state index contributed by atoms with van der Waals surface area (Å²) < 4.78 is 8.91. The van der Waals surface area contributed by atoms with E-state index in [1.54, 1.807) is 0 Å². The Morgan fingerprint density at radius 1 is 0.886 bits per heavy atom. The molecule has 0 bridgehead atoms. The van der Waals surface area contributed by atoms with E-state index in [-0.39, 0.29) is 29.0 Å². The van der Waals surface area contributed by atoms with Gasteiger partial charge in [0.05, 0.1) is 6.20 Å². The summed E-state index contributed by atoms with van der Waals surface area (Å²) in [5, 5.41) is 19.2. The number of hydrogen-bond acceptors (Lipinski definition) is 4. The minimum absolute atomic E-state index is 0.0218. The van der Waals surface area contributed by atoms with Gasteiger partial charge in [-0.25, -0.2) is 4.79 Å². The lowest BCUT2D eigenvalue weighted by Crippen LogP contribution is -2.31. The van der Waals surface area contributed by atoms with Crippen LogP contribution in [0.2, 0.25) is 0 Å². The molecule has 35 heavy (non-hydrogen) atoms. The molecule has 0 aliphatic rings. The fourth-order valence-corrected chi connectivity index (χ4v) is 4.94. The van der Waals surface area contributed by atoms with E-state index in [2.05, 4.69) is 33.1 Å². The van der Waals surface area contributed by atoms with Gasteiger partial charge in [-0.1, -0.05) is 51.7 Å². The number of aliphatic hydroxyl groups is 1. The summed E-state index contributed by atoms with van der Waals surface area (Å²) >= 11 is 0. The van der Waals surface area contributed by atoms with E-state index in [4.69, 9.17) is 9.84 Å². The molecule has 0 aliphatic heterocycles. The molecule has 1 heterocycles. The van der Waals surface area contributed by atoms with Gasteiger partial charge < -0.3 is 14.9 Å². The molecule has 0 saturated heterocycles. The standard InChI is InChI=1S/C29H52N2O4/c1-6-28(7-2,18-12-11-15-21-32)19-13-16-22-35-23-17-14-20-29(8-3,9-4)25-31-26(33)24-30(10-5)27(31)34/h6,8,24,32-33H,1,3,7,9-23,25H2,2,4-5H3. The van der Waals surface area contributed by atoms with Crippen molar-refractivity contribution in [3.8, 4) is 5.88 Å². The summed E-state index contributed by atoms with van der Waals surface area (Å²) in [7, 11) is 0. The molecule has 0 radical (unpaired) electrons. The maximum Gasteiger partial charge on any atom is 0.331 e. The lowest BCUT2D eigenvalue weighted by molar-refractivity contribution is 0.119. The minimum atomic E-state index is -0.216. The van der Waals surface area contributed by atoms with Gasteiger partial charge in [0.2, 0.25) is 5.88 Å². The molecular formula is C29H52N2O4. The molecule has 2 N–H and O–H groups in total. The molecule has 2 atom stereocenters. The van der Waals surface area contributed by atoms with Crippen LogP contribution in [0.4, 0.5) is 0 Å². The highest BCUT2D eigenvalue weighted by molar-refractivity contribution is 5.08. The Labute approximate surface area is 213 Å². The molecule has 0 aliphatic carbocycles. The number of nitrogens with zero attached hydrogens (tertiary/aromatic N) is 2. The molecule has 0 aromatic carbocycles. The van der Waals surface area contributed by atoms with E-state index < -0.39 is 0 Å². The summed E-state index contributed by atoms with van der Waals surface area (Å²) in [6.07, 6.45) is 18.1. The SMILES string of the molecule is C=CC(CC)(CCCCCO)CCCCOCCCCC(C=C)(CC)Cn1c(O)cn(CC)c1=O. The van der Waals surface area contributed by atoms with Crippen molar-refractivity contribution in [2.75, 3.05) is 19.8 Å². The van der Waals surface area contributed by atoms with Crippen molar-refractivity contribution in [1.82, 2.24) is 9.13 Å². The highest BCUT2D eigenvalue weighted by atomic mass is 16.5. The van der Waals surface area contributed by atoms with Gasteiger partial charge in [-0.3, -0.25) is 9.13 Å². The summed E-state index contributed by atoms with van der Waals surface area (Å²) in [6, 6.07) is 0. The van der Waals surface area contributed by atoms with E-state index >= 15 is 0 Å². The molecule has 0 fully saturated rings. The fourth-order valence-electron chi connectivity index (χ4n) is 4.94. The van der Waals surface area contributed by atoms with Crippen LogP contribution in [-0.2, 0) is 17.8 Å². The number of rotatable bonds is 22. The smallest absolute Gasteiger partial charge is 0.331 e. The predicted octanol–water partition coefficient (Wildman–Crippen LogP) is 6.45. The lowest BCUT2D eigenvalue weighted by atomic mass is 9.76. The van der Waals surface area contributed by atoms with Crippen LogP contribution in [0.5, 0.6) is 5.88 Å². The zero-order chi connectivity index (χ0) is 26.2. The van der Waals surface area contributed by atoms with Crippen LogP contribution >= 0.6 is 0 Å². The molecule has 0 saturated carbocycles. The molecule has 202 valence electrons. The topological polar surface area (TPSA) is 76.6 Å². The molecule has 6 nitrogen and oxygen atoms in total. The number of aliphatic hydroxyl groups excluding tert-OH is 1. The van der Waals surface area contributed by atoms with Gasteiger partial charge in [-0.15, -0.1) is 13.2 Å². The van der Waals surface area contributed by atoms with Crippen molar-refractivity contribution < 1.29 is 14.9 Å². The van der Waals surface area contributed by atoms with Crippen molar-refractivity contribution in [2.45, 2.75) is 111 Å². The number of imidazole rings is 1. The summed E-state index contributed by atoms with van der Waals surface area (Å²) in [6.45, 7) is 17.2. The highest BCUT2D eigenvalue weighted by Crippen LogP contribution is 2.36. The third kappa shape index (κ3) is 10.0. The summed E-state index contributed by atoms with van der Waals surface area (Å²) in [5.41, 5.74) is -0.160. The van der Waals surface area contributed by atoms with Gasteiger partial charge in [-0.2, -0.15) is 0 Å². The number of unbranched alkanes of at least 4 members (excludes halogenated alkanes) is 4. The maximum absolute atomic E-state index is 12.5. The van der Waals surface area contributed by atoms with E-state index in [0.29, 0.717) is 13.1 Å². The lowest BCUT2D eigenvalue weighted by Gasteiger charge is -2.30. The third-order valence-electron chi connectivity index (χ3n) is 7.87. The Hall–Kier alpha value is -1.79. The summed E-state index contributed by atoms with van der Waals surface area (Å²) in [5.74, 6) is 0.0218. The van der Waals surface area contributed by atoms with E-state index in [9.17, 15) is 9.90 Å². The fraction of sp³-hybridized carbons (Fsp3) is 0.759. The van der Waals surface area contributed by atoms with Crippen LogP contribution < -0.4 is 5.69 Å². The Morgan fingerprint density at radius 2 is 1.43 bits per heavy atom. The predicted molar refractivity (Wildman–Crippen MR) is 146 cm³/mol. The molecule has 1 aromatic heterocycles. The van der Waals surface area contributed by atoms with Crippen molar-refractivity contribution in [3.05, 3.63) is 42.0 Å². The van der Waals surface area contributed by atoms with Crippen LogP contribution in [0.1, 0.15) is 97.8 Å². The van der Waals surface area contributed by atoms with E-state index in [1.165, 1.54) is 15.3 Å². The van der Waals surface area contributed by atoms with Crippen molar-refractivity contribution in [3.63, 3.8) is 0 Å². The number of aromatic hydroxyl groups is 1. The molecule has 1 rings (SSSR count). The number of ether oxygens (including phenoxy) is 1. The first-order valence-electron chi connectivity index (χ1n) is 13.8. The molecule has 0 amide bonds. The zero-order valence-electron chi connectivity index (χ0n) is 22.8. The van der Waals surface area contributed by atoms with Gasteiger partial charge in [0.15, 0.2) is 0 Å². The summed E-state index contributed by atoms with van der Waals surface area (Å²) in [4.78, 5) is 12.5. The second-order valence-corrected chi connectivity index (χ2v) is 10.0. The molecular weight excluding hydrogens is 440 g/mol. The van der Waals surface area contributed by atoms with Crippen molar-refractivity contribution in [2.24, 2.45) is 10.8 Å². The quantitative estimate of drug-likeness (QED) is 0.144. The van der Waals surface area contributed by atoms with Gasteiger partial charge in [0.1, 0.15) is 0 Å². The Bertz CT molecular complexity index is 784. The molecule has 1 aromatic rings. The second kappa shape index (κ2) is 16.8. The Balaban J connectivity index is 2.35.